The third-order valence-electron chi connectivity index (χ3n) is 3.82. The van der Waals surface area contributed by atoms with Gasteiger partial charge in [0.1, 0.15) is 0 Å². The summed E-state index contributed by atoms with van der Waals surface area (Å²) in [6, 6.07) is 10.6. The minimum Gasteiger partial charge on any atom is -0.354 e. The molecule has 0 aliphatic rings. The number of fused-ring (bicyclic) bond motifs is 1. The number of nitrogens with one attached hydrogen (secondary N) is 1. The van der Waals surface area contributed by atoms with Gasteiger partial charge in [0.05, 0.1) is 0 Å². The second-order valence-electron chi connectivity index (χ2n) is 5.33. The van der Waals surface area contributed by atoms with Crippen molar-refractivity contribution in [3.05, 3.63) is 70.9 Å². The van der Waals surface area contributed by atoms with Crippen LogP contribution in [0.1, 0.15) is 16.8 Å². The van der Waals surface area contributed by atoms with Crippen LogP contribution >= 0.6 is 0 Å². The lowest BCUT2D eigenvalue weighted by Crippen LogP contribution is -2.22. The van der Waals surface area contributed by atoms with Gasteiger partial charge in [0.25, 0.3) is 11.5 Å². The molecule has 23 heavy (non-hydrogen) atoms. The molecule has 0 aliphatic heterocycles. The number of carbonyl (C=O) groups excluding carboxylic acids is 1. The van der Waals surface area contributed by atoms with Crippen LogP contribution < -0.4 is 11.0 Å². The van der Waals surface area contributed by atoms with E-state index >= 15 is 0 Å². The van der Waals surface area contributed by atoms with Crippen molar-refractivity contribution in [1.82, 2.24) is 14.6 Å². The molecule has 2 N–H and O–H groups in total. The Morgan fingerprint density at radius 1 is 1.09 bits per heavy atom. The second-order valence-corrected chi connectivity index (χ2v) is 5.33. The number of benzene rings is 1. The van der Waals surface area contributed by atoms with E-state index in [1.807, 2.05) is 30.6 Å². The molecule has 2 aromatic heterocycles. The van der Waals surface area contributed by atoms with Crippen LogP contribution in [-0.2, 0) is 13.1 Å². The number of aromatic nitrogens is 2. The lowest BCUT2D eigenvalue weighted by Gasteiger charge is -2.09. The maximum Gasteiger partial charge on any atom is 0.274 e. The Kier molecular flexibility index (Phi) is 4.25. The van der Waals surface area contributed by atoms with E-state index in [0.29, 0.717) is 11.9 Å². The highest BCUT2D eigenvalue weighted by Crippen LogP contribution is 2.12. The van der Waals surface area contributed by atoms with Gasteiger partial charge in [-0.1, -0.05) is 6.07 Å². The number of nitrogens with zero attached hydrogens (tertiary/aromatic N) is 2. The maximum atomic E-state index is 12.5. The molecule has 2 heterocycles. The van der Waals surface area contributed by atoms with Gasteiger partial charge in [0.15, 0.2) is 0 Å². The average Bonchev–Trinajstić information content (AvgIpc) is 3.09. The number of carbonyl (C=O) groups is 1. The summed E-state index contributed by atoms with van der Waals surface area (Å²) >= 11 is 0. The van der Waals surface area contributed by atoms with E-state index in [4.69, 9.17) is 5.21 Å². The molecule has 0 aliphatic carbocycles. The highest BCUT2D eigenvalue weighted by Gasteiger charge is 2.08. The molecule has 0 radical (unpaired) electrons. The van der Waals surface area contributed by atoms with Crippen LogP contribution in [0.15, 0.2) is 59.8 Å². The molecule has 0 bridgehead atoms. The molecule has 3 aromatic rings. The molecule has 0 fully saturated rings. The molecule has 6 heteroatoms. The van der Waals surface area contributed by atoms with Crippen LogP contribution in [0.25, 0.3) is 10.8 Å². The Morgan fingerprint density at radius 3 is 2.61 bits per heavy atom. The third kappa shape index (κ3) is 3.17. The van der Waals surface area contributed by atoms with E-state index in [1.165, 1.54) is 6.07 Å². The van der Waals surface area contributed by atoms with Crippen LogP contribution in [0.5, 0.6) is 0 Å². The summed E-state index contributed by atoms with van der Waals surface area (Å²) in [6.45, 7) is 1.44. The van der Waals surface area contributed by atoms with Crippen LogP contribution in [0.3, 0.4) is 0 Å². The number of amides is 1. The monoisotopic (exact) mass is 311 g/mol. The molecular formula is C17H17N3O3. The zero-order valence-electron chi connectivity index (χ0n) is 12.5. The van der Waals surface area contributed by atoms with E-state index in [1.54, 1.807) is 28.4 Å². The zero-order chi connectivity index (χ0) is 16.2. The van der Waals surface area contributed by atoms with Gasteiger partial charge in [-0.25, -0.2) is 5.48 Å². The van der Waals surface area contributed by atoms with E-state index < -0.39 is 5.91 Å². The van der Waals surface area contributed by atoms with Crippen molar-refractivity contribution >= 4 is 16.7 Å². The van der Waals surface area contributed by atoms with Gasteiger partial charge in [0, 0.05) is 42.6 Å². The minimum absolute atomic E-state index is 0.136. The molecule has 1 amide bonds. The van der Waals surface area contributed by atoms with E-state index in [2.05, 4.69) is 4.57 Å². The van der Waals surface area contributed by atoms with Gasteiger partial charge in [0.2, 0.25) is 0 Å². The van der Waals surface area contributed by atoms with Gasteiger partial charge < -0.3 is 9.13 Å². The predicted molar refractivity (Wildman–Crippen MR) is 86.5 cm³/mol. The van der Waals surface area contributed by atoms with Crippen LogP contribution in [-0.4, -0.2) is 20.2 Å². The first-order valence-corrected chi connectivity index (χ1v) is 7.37. The summed E-state index contributed by atoms with van der Waals surface area (Å²) in [5.74, 6) is -0.630. The van der Waals surface area contributed by atoms with Crippen molar-refractivity contribution in [2.45, 2.75) is 19.5 Å². The Morgan fingerprint density at radius 2 is 1.87 bits per heavy atom. The molecule has 3 rings (SSSR count). The molecule has 118 valence electrons. The Balaban J connectivity index is 1.84. The normalized spacial score (nSPS) is 10.8. The SMILES string of the molecule is O=C(NO)c1ccc2ccn(CCCn3cccc3)c(=O)c2c1. The predicted octanol–water partition coefficient (Wildman–Crippen LogP) is 2.01. The average molecular weight is 311 g/mol. The topological polar surface area (TPSA) is 76.3 Å². The smallest absolute Gasteiger partial charge is 0.274 e. The Labute approximate surface area is 132 Å². The van der Waals surface area contributed by atoms with E-state index in [-0.39, 0.29) is 11.1 Å². The van der Waals surface area contributed by atoms with Gasteiger partial charge in [-0.3, -0.25) is 14.8 Å². The maximum absolute atomic E-state index is 12.5. The van der Waals surface area contributed by atoms with E-state index in [9.17, 15) is 9.59 Å². The standard InChI is InChI=1S/C17H17N3O3/c21-16(18-23)14-5-4-13-6-11-20(17(22)15(13)12-14)10-3-9-19-7-1-2-8-19/h1-2,4-8,11-12,23H,3,9-10H2,(H,18,21). The minimum atomic E-state index is -0.630. The fourth-order valence-electron chi connectivity index (χ4n) is 2.60. The van der Waals surface area contributed by atoms with Crippen LogP contribution in [0.4, 0.5) is 0 Å². The Bertz CT molecular complexity index is 882. The van der Waals surface area contributed by atoms with Gasteiger partial charge in [-0.15, -0.1) is 0 Å². The molecule has 6 nitrogen and oxygen atoms in total. The lowest BCUT2D eigenvalue weighted by molar-refractivity contribution is 0.0706. The van der Waals surface area contributed by atoms with Gasteiger partial charge in [-0.05, 0) is 42.1 Å². The number of pyridine rings is 1. The molecule has 0 spiro atoms. The van der Waals surface area contributed by atoms with E-state index in [0.717, 1.165) is 18.4 Å². The Hall–Kier alpha value is -2.86. The quantitative estimate of drug-likeness (QED) is 0.559. The third-order valence-corrected chi connectivity index (χ3v) is 3.82. The fraction of sp³-hybridized carbons (Fsp3) is 0.176. The summed E-state index contributed by atoms with van der Waals surface area (Å²) in [6.07, 6.45) is 6.58. The number of rotatable bonds is 5. The van der Waals surface area contributed by atoms with Crippen molar-refractivity contribution in [2.75, 3.05) is 0 Å². The molecule has 0 unspecified atom stereocenters. The highest BCUT2D eigenvalue weighted by molar-refractivity contribution is 5.97. The number of hydroxylamine groups is 1. The highest BCUT2D eigenvalue weighted by atomic mass is 16.5. The summed E-state index contributed by atoms with van der Waals surface area (Å²) in [4.78, 5) is 24.0. The molecule has 0 saturated heterocycles. The summed E-state index contributed by atoms with van der Waals surface area (Å²) < 4.78 is 3.71. The largest absolute Gasteiger partial charge is 0.354 e. The number of hydrogen-bond donors (Lipinski definition) is 2. The van der Waals surface area contributed by atoms with Gasteiger partial charge >= 0.3 is 0 Å². The molecule has 1 aromatic carbocycles. The van der Waals surface area contributed by atoms with Gasteiger partial charge in [-0.2, -0.15) is 0 Å². The van der Waals surface area contributed by atoms with Crippen molar-refractivity contribution in [1.29, 1.82) is 0 Å². The van der Waals surface area contributed by atoms with Crippen molar-refractivity contribution in [2.24, 2.45) is 0 Å². The first kappa shape index (κ1) is 15.1. The van der Waals surface area contributed by atoms with Crippen molar-refractivity contribution < 1.29 is 10.0 Å². The molecular weight excluding hydrogens is 294 g/mol. The molecule has 0 atom stereocenters. The number of aryl methyl sites for hydroxylation is 2. The fourth-order valence-corrected chi connectivity index (χ4v) is 2.60. The van der Waals surface area contributed by atoms with Crippen LogP contribution in [0.2, 0.25) is 0 Å². The lowest BCUT2D eigenvalue weighted by atomic mass is 10.1. The number of hydrogen-bond acceptors (Lipinski definition) is 3. The van der Waals surface area contributed by atoms with Crippen molar-refractivity contribution in [3.63, 3.8) is 0 Å². The first-order valence-electron chi connectivity index (χ1n) is 7.37. The van der Waals surface area contributed by atoms with Crippen LogP contribution in [0, 0.1) is 0 Å². The summed E-state index contributed by atoms with van der Waals surface area (Å²) in [5.41, 5.74) is 1.69. The first-order chi connectivity index (χ1) is 11.2. The summed E-state index contributed by atoms with van der Waals surface area (Å²) in [7, 11) is 0. The van der Waals surface area contributed by atoms with Crippen molar-refractivity contribution in [3.8, 4) is 0 Å². The summed E-state index contributed by atoms with van der Waals surface area (Å²) in [5, 5.41) is 9.94. The second kappa shape index (κ2) is 6.50. The zero-order valence-corrected chi connectivity index (χ0v) is 12.5. The molecule has 0 saturated carbocycles.